The molecule has 0 fully saturated rings. The Hall–Kier alpha value is -3.10. The summed E-state index contributed by atoms with van der Waals surface area (Å²) < 4.78 is 9.35. The number of hydrogen-bond acceptors (Lipinski definition) is 6. The van der Waals surface area contributed by atoms with Gasteiger partial charge in [-0.15, -0.1) is 13.1 Å². The predicted molar refractivity (Wildman–Crippen MR) is 100 cm³/mol. The van der Waals surface area contributed by atoms with Crippen LogP contribution in [0.5, 0.6) is 11.5 Å². The SMILES string of the molecule is [NH-]CC(=O)[N-]C(=O)Oc1ccccc1.[NH-]CC(=O)[N-]C(=O)Oc1ccccc1.[Pd]. The monoisotopic (exact) mass is 490 g/mol. The molecule has 0 aliphatic carbocycles. The first-order valence-electron chi connectivity index (χ1n) is 7.76. The summed E-state index contributed by atoms with van der Waals surface area (Å²) in [5.74, 6) is -0.991. The molecule has 0 heterocycles. The van der Waals surface area contributed by atoms with E-state index >= 15 is 0 Å². The number of benzene rings is 2. The topological polar surface area (TPSA) is 163 Å². The molecular formula is C18H16N4O6Pd-4. The molecule has 2 aromatic carbocycles. The quantitative estimate of drug-likeness (QED) is 0.581. The molecule has 2 aromatic rings. The van der Waals surface area contributed by atoms with E-state index in [2.05, 4.69) is 20.1 Å². The standard InChI is InChI=1S/2C9H9N2O3.Pd/c2*10-6-8(12)11-9(13)14-7-4-2-1-3-5-7;/h2*1-5,10H,6H2,(H,11,12,13);/q2*-1;/p-2. The van der Waals surface area contributed by atoms with Gasteiger partial charge in [0.2, 0.25) is 12.2 Å². The summed E-state index contributed by atoms with van der Waals surface area (Å²) in [5, 5.41) is 6.01. The van der Waals surface area contributed by atoms with Crippen LogP contribution in [0.25, 0.3) is 22.1 Å². The Morgan fingerprint density at radius 1 is 0.655 bits per heavy atom. The molecule has 29 heavy (non-hydrogen) atoms. The molecule has 2 rings (SSSR count). The molecule has 158 valence electrons. The summed E-state index contributed by atoms with van der Waals surface area (Å²) in [5.41, 5.74) is 13.3. The zero-order valence-corrected chi connectivity index (χ0v) is 16.4. The maximum atomic E-state index is 10.9. The molecular weight excluding hydrogens is 475 g/mol. The number of rotatable bonds is 4. The maximum Gasteiger partial charge on any atom is 0.240 e. The average molecular weight is 491 g/mol. The van der Waals surface area contributed by atoms with E-state index in [0.717, 1.165) is 0 Å². The van der Waals surface area contributed by atoms with Crippen molar-refractivity contribution in [3.05, 3.63) is 82.8 Å². The summed E-state index contributed by atoms with van der Waals surface area (Å²) in [6.45, 7) is -1.10. The third-order valence-corrected chi connectivity index (χ3v) is 2.63. The van der Waals surface area contributed by atoms with Gasteiger partial charge in [0.25, 0.3) is 0 Å². The molecule has 11 heteroatoms. The second kappa shape index (κ2) is 14.9. The first kappa shape index (κ1) is 25.9. The number of amides is 4. The zero-order valence-electron chi connectivity index (χ0n) is 14.8. The summed E-state index contributed by atoms with van der Waals surface area (Å²) >= 11 is 0. The summed E-state index contributed by atoms with van der Waals surface area (Å²) in [7, 11) is 0. The fraction of sp³-hybridized carbons (Fsp3) is 0.111. The van der Waals surface area contributed by atoms with E-state index in [-0.39, 0.29) is 20.4 Å². The number of nitrogens with zero attached hydrogens (tertiary/aromatic N) is 2. The van der Waals surface area contributed by atoms with E-state index in [4.69, 9.17) is 11.5 Å². The van der Waals surface area contributed by atoms with Crippen molar-refractivity contribution in [1.29, 1.82) is 0 Å². The van der Waals surface area contributed by atoms with Crippen LogP contribution in [-0.4, -0.2) is 37.1 Å². The number of carbonyl (C=O) groups is 4. The Labute approximate surface area is 180 Å². The zero-order chi connectivity index (χ0) is 20.8. The number of hydrogen-bond donors (Lipinski definition) is 0. The molecule has 0 radical (unpaired) electrons. The molecule has 0 atom stereocenters. The Morgan fingerprint density at radius 3 is 1.24 bits per heavy atom. The van der Waals surface area contributed by atoms with Gasteiger partial charge in [0, 0.05) is 32.2 Å². The Balaban J connectivity index is 0.000000523. The van der Waals surface area contributed by atoms with Crippen LogP contribution >= 0.6 is 0 Å². The smallest absolute Gasteiger partial charge is 0.240 e. The average Bonchev–Trinajstić information content (AvgIpc) is 2.69. The minimum absolute atomic E-state index is 0. The van der Waals surface area contributed by atoms with E-state index in [1.165, 1.54) is 0 Å². The molecule has 0 saturated heterocycles. The summed E-state index contributed by atoms with van der Waals surface area (Å²) in [6, 6.07) is 16.6. The van der Waals surface area contributed by atoms with Gasteiger partial charge in [-0.25, -0.2) is 0 Å². The molecule has 0 unspecified atom stereocenters. The van der Waals surface area contributed by atoms with Gasteiger partial charge in [-0.3, -0.25) is 9.59 Å². The van der Waals surface area contributed by atoms with Gasteiger partial charge >= 0.3 is 0 Å². The van der Waals surface area contributed by atoms with Crippen molar-refractivity contribution >= 4 is 24.0 Å². The van der Waals surface area contributed by atoms with Gasteiger partial charge in [-0.05, 0) is 24.3 Å². The van der Waals surface area contributed by atoms with E-state index < -0.39 is 37.1 Å². The number of imide groups is 2. The predicted octanol–water partition coefficient (Wildman–Crippen LogP) is 4.27. The molecule has 2 N–H and O–H groups in total. The van der Waals surface area contributed by atoms with Crippen LogP contribution in [0.1, 0.15) is 0 Å². The second-order valence-electron chi connectivity index (χ2n) is 4.73. The minimum atomic E-state index is -0.992. The molecule has 0 bridgehead atoms. The number of ether oxygens (including phenoxy) is 2. The first-order chi connectivity index (χ1) is 13.4. The van der Waals surface area contributed by atoms with Crippen molar-refractivity contribution in [3.63, 3.8) is 0 Å². The molecule has 10 nitrogen and oxygen atoms in total. The Morgan fingerprint density at radius 2 is 0.966 bits per heavy atom. The summed E-state index contributed by atoms with van der Waals surface area (Å²) in [4.78, 5) is 42.9. The van der Waals surface area contributed by atoms with E-state index in [1.54, 1.807) is 60.7 Å². The molecule has 0 aliphatic heterocycles. The van der Waals surface area contributed by atoms with Crippen LogP contribution in [0.3, 0.4) is 0 Å². The third-order valence-electron chi connectivity index (χ3n) is 2.63. The van der Waals surface area contributed by atoms with Crippen LogP contribution in [-0.2, 0) is 30.0 Å². The van der Waals surface area contributed by atoms with Crippen LogP contribution in [0, 0.1) is 0 Å². The molecule has 0 spiro atoms. The van der Waals surface area contributed by atoms with Gasteiger partial charge in [0.1, 0.15) is 11.5 Å². The maximum absolute atomic E-state index is 10.9. The van der Waals surface area contributed by atoms with Gasteiger partial charge in [-0.1, -0.05) is 36.4 Å². The first-order valence-corrected chi connectivity index (χ1v) is 7.76. The van der Waals surface area contributed by atoms with Gasteiger partial charge in [0.15, 0.2) is 0 Å². The normalized spacial score (nSPS) is 8.90. The van der Waals surface area contributed by atoms with Crippen LogP contribution < -0.4 is 9.47 Å². The fourth-order valence-electron chi connectivity index (χ4n) is 1.51. The number of carbonyl (C=O) groups excluding carboxylic acids is 4. The summed E-state index contributed by atoms with van der Waals surface area (Å²) in [6.07, 6.45) is -1.98. The molecule has 4 amide bonds. The van der Waals surface area contributed by atoms with Gasteiger partial charge in [-0.2, -0.15) is 0 Å². The van der Waals surface area contributed by atoms with Crippen molar-refractivity contribution < 1.29 is 49.1 Å². The molecule has 0 saturated carbocycles. The van der Waals surface area contributed by atoms with E-state index in [9.17, 15) is 19.2 Å². The van der Waals surface area contributed by atoms with Crippen molar-refractivity contribution in [2.45, 2.75) is 0 Å². The second-order valence-corrected chi connectivity index (χ2v) is 4.73. The van der Waals surface area contributed by atoms with Crippen LogP contribution in [0.2, 0.25) is 0 Å². The number of para-hydroxylation sites is 2. The van der Waals surface area contributed by atoms with Crippen molar-refractivity contribution in [2.24, 2.45) is 0 Å². The minimum Gasteiger partial charge on any atom is -0.673 e. The van der Waals surface area contributed by atoms with E-state index in [1.807, 2.05) is 0 Å². The third kappa shape index (κ3) is 12.1. The van der Waals surface area contributed by atoms with Crippen molar-refractivity contribution in [2.75, 3.05) is 13.1 Å². The number of nitrogens with one attached hydrogen (secondary N) is 2. The van der Waals surface area contributed by atoms with Gasteiger partial charge < -0.3 is 41.2 Å². The van der Waals surface area contributed by atoms with E-state index in [0.29, 0.717) is 11.5 Å². The largest absolute Gasteiger partial charge is 0.673 e. The Bertz CT molecular complexity index is 722. The molecule has 0 aliphatic rings. The van der Waals surface area contributed by atoms with Gasteiger partial charge in [0.05, 0.1) is 0 Å². The fourth-order valence-corrected chi connectivity index (χ4v) is 1.51. The van der Waals surface area contributed by atoms with Crippen molar-refractivity contribution in [3.8, 4) is 11.5 Å². The van der Waals surface area contributed by atoms with Crippen LogP contribution in [0.4, 0.5) is 9.59 Å². The Kier molecular flexibility index (Phi) is 13.3. The molecule has 0 aromatic heterocycles. The van der Waals surface area contributed by atoms with Crippen LogP contribution in [0.15, 0.2) is 60.7 Å². The van der Waals surface area contributed by atoms with Crippen molar-refractivity contribution in [1.82, 2.24) is 0 Å².